The molecular weight excluding hydrogens is 196 g/mol. The molecule has 0 saturated carbocycles. The minimum Gasteiger partial charge on any atom is -0.358 e. The first-order valence-corrected chi connectivity index (χ1v) is 4.58. The summed E-state index contributed by atoms with van der Waals surface area (Å²) in [4.78, 5) is 3.35. The van der Waals surface area contributed by atoms with Crippen LogP contribution in [-0.4, -0.2) is 11.0 Å². The van der Waals surface area contributed by atoms with E-state index >= 15 is 0 Å². The fourth-order valence-electron chi connectivity index (χ4n) is 1.59. The SMILES string of the molecule is CC(N)Cc1cc2ccccc2[nH]1.Cl. The first-order valence-electron chi connectivity index (χ1n) is 4.58. The maximum Gasteiger partial charge on any atom is 0.0456 e. The summed E-state index contributed by atoms with van der Waals surface area (Å²) in [5, 5.41) is 1.26. The molecule has 1 atom stereocenters. The Bertz CT molecular complexity index is 373. The summed E-state index contributed by atoms with van der Waals surface area (Å²) in [5.41, 5.74) is 8.14. The smallest absolute Gasteiger partial charge is 0.0456 e. The van der Waals surface area contributed by atoms with Gasteiger partial charge in [0.2, 0.25) is 0 Å². The van der Waals surface area contributed by atoms with E-state index in [1.165, 1.54) is 16.6 Å². The number of halogens is 1. The molecule has 3 N–H and O–H groups in total. The molecule has 1 heterocycles. The van der Waals surface area contributed by atoms with Gasteiger partial charge in [0.05, 0.1) is 0 Å². The zero-order valence-corrected chi connectivity index (χ0v) is 8.97. The topological polar surface area (TPSA) is 41.8 Å². The van der Waals surface area contributed by atoms with Crippen LogP contribution < -0.4 is 5.73 Å². The zero-order valence-electron chi connectivity index (χ0n) is 8.16. The average molecular weight is 211 g/mol. The molecule has 0 radical (unpaired) electrons. The standard InChI is InChI=1S/C11H14N2.ClH/c1-8(12)6-10-7-9-4-2-3-5-11(9)13-10;/h2-5,7-8,13H,6,12H2,1H3;1H. The summed E-state index contributed by atoms with van der Waals surface area (Å²) in [6.45, 7) is 2.02. The Kier molecular flexibility index (Phi) is 3.55. The second kappa shape index (κ2) is 4.49. The highest BCUT2D eigenvalue weighted by Gasteiger charge is 2.01. The maximum atomic E-state index is 5.73. The molecule has 0 spiro atoms. The molecule has 0 fully saturated rings. The van der Waals surface area contributed by atoms with E-state index in [1.54, 1.807) is 0 Å². The molecule has 1 aromatic carbocycles. The number of hydrogen-bond donors (Lipinski definition) is 2. The number of nitrogens with two attached hydrogens (primary N) is 1. The fraction of sp³-hybridized carbons (Fsp3) is 0.273. The van der Waals surface area contributed by atoms with Crippen molar-refractivity contribution in [2.24, 2.45) is 5.73 Å². The number of nitrogens with one attached hydrogen (secondary N) is 1. The molecule has 0 amide bonds. The third-order valence-corrected chi connectivity index (χ3v) is 2.13. The van der Waals surface area contributed by atoms with Crippen molar-refractivity contribution in [3.05, 3.63) is 36.0 Å². The summed E-state index contributed by atoms with van der Waals surface area (Å²) in [7, 11) is 0. The lowest BCUT2D eigenvalue weighted by atomic mass is 10.2. The van der Waals surface area contributed by atoms with Crippen LogP contribution in [0, 0.1) is 0 Å². The van der Waals surface area contributed by atoms with Crippen molar-refractivity contribution in [3.63, 3.8) is 0 Å². The minimum absolute atomic E-state index is 0. The van der Waals surface area contributed by atoms with Crippen molar-refractivity contribution < 1.29 is 0 Å². The Hall–Kier alpha value is -0.990. The van der Waals surface area contributed by atoms with Gasteiger partial charge in [0, 0.05) is 23.7 Å². The molecule has 0 bridgehead atoms. The van der Waals surface area contributed by atoms with Crippen molar-refractivity contribution in [1.29, 1.82) is 0 Å². The number of fused-ring (bicyclic) bond motifs is 1. The van der Waals surface area contributed by atoms with Gasteiger partial charge in [-0.3, -0.25) is 0 Å². The van der Waals surface area contributed by atoms with Gasteiger partial charge < -0.3 is 10.7 Å². The van der Waals surface area contributed by atoms with Gasteiger partial charge in [-0.2, -0.15) is 0 Å². The lowest BCUT2D eigenvalue weighted by Gasteiger charge is -2.00. The van der Waals surface area contributed by atoms with Gasteiger partial charge in [0.1, 0.15) is 0 Å². The lowest BCUT2D eigenvalue weighted by molar-refractivity contribution is 0.727. The minimum atomic E-state index is 0. The van der Waals surface area contributed by atoms with E-state index in [9.17, 15) is 0 Å². The normalized spacial score (nSPS) is 12.4. The number of H-pyrrole nitrogens is 1. The molecule has 2 rings (SSSR count). The van der Waals surface area contributed by atoms with Crippen LogP contribution in [0.5, 0.6) is 0 Å². The highest BCUT2D eigenvalue weighted by atomic mass is 35.5. The molecule has 0 saturated heterocycles. The molecule has 0 aliphatic heterocycles. The lowest BCUT2D eigenvalue weighted by Crippen LogP contribution is -2.17. The van der Waals surface area contributed by atoms with Crippen LogP contribution >= 0.6 is 12.4 Å². The van der Waals surface area contributed by atoms with Gasteiger partial charge in [-0.25, -0.2) is 0 Å². The van der Waals surface area contributed by atoms with Gasteiger partial charge in [-0.1, -0.05) is 18.2 Å². The molecular formula is C11H15ClN2. The fourth-order valence-corrected chi connectivity index (χ4v) is 1.59. The van der Waals surface area contributed by atoms with Crippen molar-refractivity contribution in [3.8, 4) is 0 Å². The van der Waals surface area contributed by atoms with E-state index in [2.05, 4.69) is 23.2 Å². The first-order chi connectivity index (χ1) is 6.25. The summed E-state index contributed by atoms with van der Waals surface area (Å²) < 4.78 is 0. The molecule has 2 aromatic rings. The van der Waals surface area contributed by atoms with Gasteiger partial charge >= 0.3 is 0 Å². The highest BCUT2D eigenvalue weighted by Crippen LogP contribution is 2.15. The van der Waals surface area contributed by atoms with Crippen molar-refractivity contribution in [2.75, 3.05) is 0 Å². The number of para-hydroxylation sites is 1. The van der Waals surface area contributed by atoms with Crippen LogP contribution in [-0.2, 0) is 6.42 Å². The van der Waals surface area contributed by atoms with Gasteiger partial charge in [-0.05, 0) is 24.4 Å². The van der Waals surface area contributed by atoms with Crippen LogP contribution in [0.15, 0.2) is 30.3 Å². The Morgan fingerprint density at radius 1 is 1.36 bits per heavy atom. The summed E-state index contributed by atoms with van der Waals surface area (Å²) >= 11 is 0. The van der Waals surface area contributed by atoms with Gasteiger partial charge in [0.25, 0.3) is 0 Å². The van der Waals surface area contributed by atoms with Crippen LogP contribution in [0.2, 0.25) is 0 Å². The largest absolute Gasteiger partial charge is 0.358 e. The predicted molar refractivity (Wildman–Crippen MR) is 62.9 cm³/mol. The molecule has 3 heteroatoms. The van der Waals surface area contributed by atoms with Crippen molar-refractivity contribution in [1.82, 2.24) is 4.98 Å². The van der Waals surface area contributed by atoms with Crippen LogP contribution in [0.3, 0.4) is 0 Å². The third-order valence-electron chi connectivity index (χ3n) is 2.13. The van der Waals surface area contributed by atoms with E-state index in [-0.39, 0.29) is 18.4 Å². The molecule has 0 aliphatic carbocycles. The van der Waals surface area contributed by atoms with E-state index in [4.69, 9.17) is 5.73 Å². The molecule has 2 nitrogen and oxygen atoms in total. The Labute approximate surface area is 89.9 Å². The molecule has 14 heavy (non-hydrogen) atoms. The van der Waals surface area contributed by atoms with Crippen molar-refractivity contribution >= 4 is 23.3 Å². The van der Waals surface area contributed by atoms with E-state index in [1.807, 2.05) is 19.1 Å². The third kappa shape index (κ3) is 2.28. The van der Waals surface area contributed by atoms with Gasteiger partial charge in [0.15, 0.2) is 0 Å². The second-order valence-electron chi connectivity index (χ2n) is 3.56. The maximum absolute atomic E-state index is 5.73. The molecule has 0 aliphatic rings. The molecule has 76 valence electrons. The van der Waals surface area contributed by atoms with E-state index < -0.39 is 0 Å². The van der Waals surface area contributed by atoms with Gasteiger partial charge in [-0.15, -0.1) is 12.4 Å². The zero-order chi connectivity index (χ0) is 9.26. The summed E-state index contributed by atoms with van der Waals surface area (Å²) in [6, 6.07) is 10.7. The summed E-state index contributed by atoms with van der Waals surface area (Å²) in [5.74, 6) is 0. The number of aromatic amines is 1. The first kappa shape index (κ1) is 11.1. The number of hydrogen-bond acceptors (Lipinski definition) is 1. The van der Waals surface area contributed by atoms with Crippen LogP contribution in [0.1, 0.15) is 12.6 Å². The molecule has 1 aromatic heterocycles. The molecule has 1 unspecified atom stereocenters. The number of rotatable bonds is 2. The number of aromatic nitrogens is 1. The Balaban J connectivity index is 0.000000980. The van der Waals surface area contributed by atoms with Crippen molar-refractivity contribution in [2.45, 2.75) is 19.4 Å². The predicted octanol–water partition coefficient (Wildman–Crippen LogP) is 2.48. The van der Waals surface area contributed by atoms with E-state index in [0.29, 0.717) is 0 Å². The van der Waals surface area contributed by atoms with Crippen LogP contribution in [0.4, 0.5) is 0 Å². The Morgan fingerprint density at radius 2 is 2.07 bits per heavy atom. The average Bonchev–Trinajstić information content (AvgIpc) is 2.44. The quantitative estimate of drug-likeness (QED) is 0.786. The summed E-state index contributed by atoms with van der Waals surface area (Å²) in [6.07, 6.45) is 0.911. The number of benzene rings is 1. The van der Waals surface area contributed by atoms with Crippen LogP contribution in [0.25, 0.3) is 10.9 Å². The Morgan fingerprint density at radius 3 is 2.71 bits per heavy atom. The second-order valence-corrected chi connectivity index (χ2v) is 3.56. The highest BCUT2D eigenvalue weighted by molar-refractivity contribution is 5.85. The van der Waals surface area contributed by atoms with E-state index in [0.717, 1.165) is 6.42 Å². The monoisotopic (exact) mass is 210 g/mol.